The van der Waals surface area contributed by atoms with Gasteiger partial charge in [0.2, 0.25) is 0 Å². The van der Waals surface area contributed by atoms with Crippen molar-refractivity contribution in [3.05, 3.63) is 11.1 Å². The summed E-state index contributed by atoms with van der Waals surface area (Å²) < 4.78 is 9.16. The van der Waals surface area contributed by atoms with Gasteiger partial charge in [0.15, 0.2) is 0 Å². The van der Waals surface area contributed by atoms with E-state index in [0.717, 1.165) is 18.5 Å². The van der Waals surface area contributed by atoms with E-state index >= 15 is 0 Å². The molecule has 1 heterocycles. The van der Waals surface area contributed by atoms with Crippen molar-refractivity contribution in [3.8, 4) is 0 Å². The van der Waals surface area contributed by atoms with Gasteiger partial charge in [-0.15, -0.1) is 5.10 Å². The molecule has 21 heavy (non-hydrogen) atoms. The third-order valence-electron chi connectivity index (χ3n) is 3.58. The molecule has 0 aliphatic heterocycles. The number of hydrogen-bond donors (Lipinski definition) is 2. The Labute approximate surface area is 129 Å². The molecule has 0 saturated heterocycles. The Bertz CT molecular complexity index is 450. The Morgan fingerprint density at radius 3 is 2.71 bits per heavy atom. The minimum Gasteiger partial charge on any atom is -0.444 e. The molecule has 2 N–H and O–H groups in total. The van der Waals surface area contributed by atoms with Crippen molar-refractivity contribution < 1.29 is 9.53 Å². The first-order valence-corrected chi connectivity index (χ1v) is 8.20. The summed E-state index contributed by atoms with van der Waals surface area (Å²) in [6, 6.07) is 0. The lowest BCUT2D eigenvalue weighted by Gasteiger charge is -2.31. The van der Waals surface area contributed by atoms with Crippen LogP contribution in [0.4, 0.5) is 4.79 Å². The molecular weight excluding hydrogens is 288 g/mol. The van der Waals surface area contributed by atoms with Crippen LogP contribution in [0.5, 0.6) is 0 Å². The summed E-state index contributed by atoms with van der Waals surface area (Å²) in [5.74, 6) is 0. The average Bonchev–Trinajstić information content (AvgIpc) is 3.05. The molecule has 6 nitrogen and oxygen atoms in total. The van der Waals surface area contributed by atoms with Crippen LogP contribution in [0.1, 0.15) is 52.1 Å². The van der Waals surface area contributed by atoms with E-state index in [2.05, 4.69) is 20.2 Å². The number of aromatic nitrogens is 2. The maximum absolute atomic E-state index is 11.8. The molecule has 0 atom stereocenters. The van der Waals surface area contributed by atoms with Gasteiger partial charge in [0, 0.05) is 24.0 Å². The van der Waals surface area contributed by atoms with Gasteiger partial charge in [-0.3, -0.25) is 0 Å². The highest BCUT2D eigenvalue weighted by Gasteiger charge is 2.34. The summed E-state index contributed by atoms with van der Waals surface area (Å²) in [5, 5.41) is 12.4. The van der Waals surface area contributed by atoms with Gasteiger partial charge in [-0.2, -0.15) is 0 Å². The Morgan fingerprint density at radius 1 is 1.43 bits per heavy atom. The lowest BCUT2D eigenvalue weighted by atomic mass is 9.97. The first-order valence-electron chi connectivity index (χ1n) is 7.36. The SMILES string of the molecule is CC(C)(C)OC(=O)NCC1(NCc2csnn2)CCCC1. The average molecular weight is 312 g/mol. The Morgan fingerprint density at radius 2 is 2.14 bits per heavy atom. The van der Waals surface area contributed by atoms with Crippen LogP contribution in [0.25, 0.3) is 0 Å². The van der Waals surface area contributed by atoms with Gasteiger partial charge < -0.3 is 15.4 Å². The summed E-state index contributed by atoms with van der Waals surface area (Å²) >= 11 is 1.35. The number of alkyl carbamates (subject to hydrolysis) is 1. The molecule has 1 aromatic heterocycles. The van der Waals surface area contributed by atoms with Gasteiger partial charge in [0.1, 0.15) is 5.60 Å². The maximum atomic E-state index is 11.8. The first kappa shape index (κ1) is 16.2. The van der Waals surface area contributed by atoms with Crippen molar-refractivity contribution in [1.82, 2.24) is 20.2 Å². The minimum atomic E-state index is -0.466. The third-order valence-corrected chi connectivity index (χ3v) is 4.13. The van der Waals surface area contributed by atoms with E-state index in [1.54, 1.807) is 0 Å². The smallest absolute Gasteiger partial charge is 0.407 e. The van der Waals surface area contributed by atoms with Crippen LogP contribution in [0.15, 0.2) is 5.38 Å². The molecule has 0 bridgehead atoms. The summed E-state index contributed by atoms with van der Waals surface area (Å²) in [4.78, 5) is 11.8. The summed E-state index contributed by atoms with van der Waals surface area (Å²) in [6.45, 7) is 6.87. The molecule has 1 aliphatic carbocycles. The second-order valence-corrected chi connectivity index (χ2v) is 7.20. The fourth-order valence-electron chi connectivity index (χ4n) is 2.56. The highest BCUT2D eigenvalue weighted by atomic mass is 32.1. The number of carbonyl (C=O) groups is 1. The second kappa shape index (κ2) is 6.70. The Balaban J connectivity index is 1.85. The van der Waals surface area contributed by atoms with Crippen molar-refractivity contribution >= 4 is 17.6 Å². The van der Waals surface area contributed by atoms with E-state index in [0.29, 0.717) is 13.1 Å². The minimum absolute atomic E-state index is 0.0550. The molecule has 1 saturated carbocycles. The second-order valence-electron chi connectivity index (χ2n) is 6.59. The first-order chi connectivity index (χ1) is 9.89. The lowest BCUT2D eigenvalue weighted by Crippen LogP contribution is -2.52. The predicted molar refractivity (Wildman–Crippen MR) is 82.2 cm³/mol. The Hall–Kier alpha value is -1.21. The number of hydrogen-bond acceptors (Lipinski definition) is 6. The van der Waals surface area contributed by atoms with Crippen LogP contribution in [-0.2, 0) is 11.3 Å². The summed E-state index contributed by atoms with van der Waals surface area (Å²) in [6.07, 6.45) is 4.11. The lowest BCUT2D eigenvalue weighted by molar-refractivity contribution is 0.0509. The normalized spacial score (nSPS) is 17.7. The van der Waals surface area contributed by atoms with Crippen LogP contribution in [0, 0.1) is 0 Å². The molecule has 1 amide bonds. The molecule has 1 aliphatic rings. The van der Waals surface area contributed by atoms with E-state index in [1.807, 2.05) is 26.2 Å². The van der Waals surface area contributed by atoms with Crippen LogP contribution in [0.2, 0.25) is 0 Å². The number of ether oxygens (including phenoxy) is 1. The fraction of sp³-hybridized carbons (Fsp3) is 0.786. The van der Waals surface area contributed by atoms with Crippen molar-refractivity contribution in [2.24, 2.45) is 0 Å². The largest absolute Gasteiger partial charge is 0.444 e. The van der Waals surface area contributed by atoms with Gasteiger partial charge in [-0.25, -0.2) is 4.79 Å². The van der Waals surface area contributed by atoms with Gasteiger partial charge in [-0.1, -0.05) is 17.3 Å². The Kier molecular flexibility index (Phi) is 5.16. The van der Waals surface area contributed by atoms with Gasteiger partial charge in [0.25, 0.3) is 0 Å². The van der Waals surface area contributed by atoms with Crippen LogP contribution in [-0.4, -0.2) is 33.4 Å². The third kappa shape index (κ3) is 5.24. The highest BCUT2D eigenvalue weighted by molar-refractivity contribution is 7.03. The molecule has 0 aromatic carbocycles. The molecular formula is C14H24N4O2S. The van der Waals surface area contributed by atoms with Crippen LogP contribution >= 0.6 is 11.5 Å². The van der Waals surface area contributed by atoms with E-state index in [4.69, 9.17) is 4.74 Å². The number of amides is 1. The quantitative estimate of drug-likeness (QED) is 0.873. The van der Waals surface area contributed by atoms with Gasteiger partial charge >= 0.3 is 6.09 Å². The van der Waals surface area contributed by atoms with Gasteiger partial charge in [0.05, 0.1) is 5.69 Å². The molecule has 1 fully saturated rings. The fourth-order valence-corrected chi connectivity index (χ4v) is 3.01. The maximum Gasteiger partial charge on any atom is 0.407 e. The van der Waals surface area contributed by atoms with Crippen molar-refractivity contribution in [2.45, 2.75) is 64.1 Å². The van der Waals surface area contributed by atoms with E-state index in [1.165, 1.54) is 24.4 Å². The molecule has 0 unspecified atom stereocenters. The zero-order valence-corrected chi connectivity index (χ0v) is 13.8. The molecule has 1 aromatic rings. The molecule has 2 rings (SSSR count). The highest BCUT2D eigenvalue weighted by Crippen LogP contribution is 2.29. The summed E-state index contributed by atoms with van der Waals surface area (Å²) in [7, 11) is 0. The topological polar surface area (TPSA) is 76.1 Å². The van der Waals surface area contributed by atoms with Crippen molar-refractivity contribution in [2.75, 3.05) is 6.54 Å². The predicted octanol–water partition coefficient (Wildman–Crippen LogP) is 2.47. The molecule has 0 spiro atoms. The van der Waals surface area contributed by atoms with E-state index < -0.39 is 5.60 Å². The molecule has 118 valence electrons. The number of rotatable bonds is 5. The standard InChI is InChI=1S/C14H24N4O2S/c1-13(2,3)20-12(19)15-10-14(6-4-5-7-14)16-8-11-9-21-18-17-11/h9,16H,4-8,10H2,1-3H3,(H,15,19). The number of nitrogens with one attached hydrogen (secondary N) is 2. The monoisotopic (exact) mass is 312 g/mol. The van der Waals surface area contributed by atoms with Crippen molar-refractivity contribution in [1.29, 1.82) is 0 Å². The van der Waals surface area contributed by atoms with Crippen LogP contribution < -0.4 is 10.6 Å². The zero-order valence-electron chi connectivity index (χ0n) is 12.9. The zero-order chi connectivity index (χ0) is 15.3. The summed E-state index contributed by atoms with van der Waals surface area (Å²) in [5.41, 5.74) is 0.427. The number of nitrogens with zero attached hydrogens (tertiary/aromatic N) is 2. The molecule has 7 heteroatoms. The molecule has 0 radical (unpaired) electrons. The van der Waals surface area contributed by atoms with E-state index in [-0.39, 0.29) is 11.6 Å². The van der Waals surface area contributed by atoms with E-state index in [9.17, 15) is 4.79 Å². The van der Waals surface area contributed by atoms with Crippen molar-refractivity contribution in [3.63, 3.8) is 0 Å². The van der Waals surface area contributed by atoms with Crippen LogP contribution in [0.3, 0.4) is 0 Å². The van der Waals surface area contributed by atoms with Gasteiger partial charge in [-0.05, 0) is 45.1 Å². The number of carbonyl (C=O) groups excluding carboxylic acids is 1.